The van der Waals surface area contributed by atoms with Crippen LogP contribution in [0.4, 0.5) is 5.69 Å². The molecular formula is C17H15N3O2S2. The lowest BCUT2D eigenvalue weighted by atomic mass is 10.2. The average Bonchev–Trinajstić information content (AvgIpc) is 3.20. The van der Waals surface area contributed by atoms with E-state index < -0.39 is 0 Å². The molecule has 2 aromatic heterocycles. The van der Waals surface area contributed by atoms with E-state index in [9.17, 15) is 9.59 Å². The van der Waals surface area contributed by atoms with Gasteiger partial charge in [-0.2, -0.15) is 0 Å². The molecule has 0 saturated heterocycles. The number of thiophene rings is 1. The molecule has 3 aromatic rings. The van der Waals surface area contributed by atoms with Gasteiger partial charge in [0.25, 0.3) is 5.56 Å². The monoisotopic (exact) mass is 357 g/mol. The van der Waals surface area contributed by atoms with Crippen molar-refractivity contribution in [2.45, 2.75) is 23.8 Å². The zero-order valence-corrected chi connectivity index (χ0v) is 14.6. The van der Waals surface area contributed by atoms with Gasteiger partial charge in [-0.05, 0) is 36.4 Å². The van der Waals surface area contributed by atoms with E-state index >= 15 is 0 Å². The van der Waals surface area contributed by atoms with Crippen LogP contribution in [0.3, 0.4) is 0 Å². The van der Waals surface area contributed by atoms with Crippen molar-refractivity contribution in [1.82, 2.24) is 9.97 Å². The Bertz CT molecular complexity index is 979. The minimum atomic E-state index is -0.322. The van der Waals surface area contributed by atoms with Crippen molar-refractivity contribution < 1.29 is 4.79 Å². The lowest BCUT2D eigenvalue weighted by Crippen LogP contribution is -2.35. The second-order valence-corrected chi connectivity index (χ2v) is 7.86. The molecule has 0 saturated carbocycles. The number of H-pyrrole nitrogens is 1. The fourth-order valence-electron chi connectivity index (χ4n) is 2.91. The number of hydrogen-bond acceptors (Lipinski definition) is 5. The minimum Gasteiger partial charge on any atom is -0.311 e. The summed E-state index contributed by atoms with van der Waals surface area (Å²) in [7, 11) is 0. The van der Waals surface area contributed by atoms with E-state index in [0.29, 0.717) is 21.9 Å². The molecule has 0 bridgehead atoms. The quantitative estimate of drug-likeness (QED) is 0.578. The summed E-state index contributed by atoms with van der Waals surface area (Å²) in [6, 6.07) is 9.75. The Morgan fingerprint density at radius 3 is 3.08 bits per heavy atom. The minimum absolute atomic E-state index is 0.0406. The maximum absolute atomic E-state index is 12.8. The topological polar surface area (TPSA) is 66.1 Å². The Kier molecular flexibility index (Phi) is 3.90. The third-order valence-corrected chi connectivity index (χ3v) is 5.88. The molecule has 1 aliphatic rings. The number of carbonyl (C=O) groups is 1. The van der Waals surface area contributed by atoms with Crippen LogP contribution < -0.4 is 10.5 Å². The number of nitrogens with zero attached hydrogens (tertiary/aromatic N) is 2. The highest BCUT2D eigenvalue weighted by molar-refractivity contribution is 8.00. The largest absolute Gasteiger partial charge is 0.311 e. The SMILES string of the molecule is CC(Sc1nc2sccc2c(=O)[nH]1)C(=O)N1CCc2ccccc21. The van der Waals surface area contributed by atoms with E-state index in [-0.39, 0.29) is 16.7 Å². The number of anilines is 1. The van der Waals surface area contributed by atoms with E-state index in [1.165, 1.54) is 28.7 Å². The van der Waals surface area contributed by atoms with Crippen LogP contribution in [-0.4, -0.2) is 27.7 Å². The summed E-state index contributed by atoms with van der Waals surface area (Å²) in [5.41, 5.74) is 2.04. The summed E-state index contributed by atoms with van der Waals surface area (Å²) in [5, 5.41) is 2.61. The van der Waals surface area contributed by atoms with Crippen LogP contribution in [0.2, 0.25) is 0 Å². The van der Waals surface area contributed by atoms with Crippen molar-refractivity contribution in [2.75, 3.05) is 11.4 Å². The number of carbonyl (C=O) groups excluding carboxylic acids is 1. The lowest BCUT2D eigenvalue weighted by molar-refractivity contribution is -0.117. The molecule has 1 aliphatic heterocycles. The van der Waals surface area contributed by atoms with Crippen LogP contribution in [0.5, 0.6) is 0 Å². The van der Waals surface area contributed by atoms with Crippen LogP contribution in [0.1, 0.15) is 12.5 Å². The first kappa shape index (κ1) is 15.4. The van der Waals surface area contributed by atoms with Crippen molar-refractivity contribution in [3.8, 4) is 0 Å². The third-order valence-electron chi connectivity index (χ3n) is 4.10. The molecule has 5 nitrogen and oxygen atoms in total. The molecule has 0 spiro atoms. The molecule has 1 N–H and O–H groups in total. The third kappa shape index (κ3) is 2.63. The predicted molar refractivity (Wildman–Crippen MR) is 98.1 cm³/mol. The van der Waals surface area contributed by atoms with Crippen molar-refractivity contribution in [2.24, 2.45) is 0 Å². The van der Waals surface area contributed by atoms with Gasteiger partial charge in [0, 0.05) is 12.2 Å². The second kappa shape index (κ2) is 6.07. The molecule has 4 rings (SSSR count). The van der Waals surface area contributed by atoms with Crippen LogP contribution >= 0.6 is 23.1 Å². The number of aromatic amines is 1. The van der Waals surface area contributed by atoms with Crippen molar-refractivity contribution in [1.29, 1.82) is 0 Å². The Morgan fingerprint density at radius 2 is 2.21 bits per heavy atom. The van der Waals surface area contributed by atoms with Gasteiger partial charge in [-0.1, -0.05) is 30.0 Å². The number of hydrogen-bond donors (Lipinski definition) is 1. The van der Waals surface area contributed by atoms with Gasteiger partial charge in [-0.15, -0.1) is 11.3 Å². The summed E-state index contributed by atoms with van der Waals surface area (Å²) >= 11 is 2.72. The maximum Gasteiger partial charge on any atom is 0.260 e. The van der Waals surface area contributed by atoms with E-state index in [1.54, 1.807) is 6.07 Å². The molecule has 1 atom stereocenters. The second-order valence-electron chi connectivity index (χ2n) is 5.64. The van der Waals surface area contributed by atoms with Crippen molar-refractivity contribution >= 4 is 44.9 Å². The standard InChI is InChI=1S/C17H15N3O2S2/c1-10(16(22)20-8-6-11-4-2-3-5-13(11)20)24-17-18-14(21)12-7-9-23-15(12)19-17/h2-5,7,9-10H,6,8H2,1H3,(H,18,19,21). The first-order valence-electron chi connectivity index (χ1n) is 7.67. The Balaban J connectivity index is 1.56. The number of rotatable bonds is 3. The normalized spacial score (nSPS) is 14.8. The first-order valence-corrected chi connectivity index (χ1v) is 9.43. The molecule has 1 amide bonds. The van der Waals surface area contributed by atoms with Gasteiger partial charge in [0.2, 0.25) is 5.91 Å². The lowest BCUT2D eigenvalue weighted by Gasteiger charge is -2.21. The van der Waals surface area contributed by atoms with Crippen LogP contribution in [0.25, 0.3) is 10.2 Å². The summed E-state index contributed by atoms with van der Waals surface area (Å²) in [6.07, 6.45) is 0.884. The van der Waals surface area contributed by atoms with Gasteiger partial charge in [-0.25, -0.2) is 4.98 Å². The molecule has 0 radical (unpaired) electrons. The van der Waals surface area contributed by atoms with Gasteiger partial charge < -0.3 is 9.88 Å². The van der Waals surface area contributed by atoms with Gasteiger partial charge >= 0.3 is 0 Å². The van der Waals surface area contributed by atoms with Crippen LogP contribution in [-0.2, 0) is 11.2 Å². The molecule has 1 unspecified atom stereocenters. The summed E-state index contributed by atoms with van der Waals surface area (Å²) < 4.78 is 0. The van der Waals surface area contributed by atoms with E-state index in [1.807, 2.05) is 35.4 Å². The molecular weight excluding hydrogens is 342 g/mol. The van der Waals surface area contributed by atoms with Crippen LogP contribution in [0.15, 0.2) is 45.7 Å². The van der Waals surface area contributed by atoms with Crippen LogP contribution in [0, 0.1) is 0 Å². The average molecular weight is 357 g/mol. The van der Waals surface area contributed by atoms with Crippen molar-refractivity contribution in [3.05, 3.63) is 51.6 Å². The molecule has 3 heterocycles. The van der Waals surface area contributed by atoms with E-state index in [2.05, 4.69) is 16.0 Å². The van der Waals surface area contributed by atoms with Gasteiger partial charge in [0.1, 0.15) is 4.83 Å². The fourth-order valence-corrected chi connectivity index (χ4v) is 4.59. The number of thioether (sulfide) groups is 1. The van der Waals surface area contributed by atoms with E-state index in [0.717, 1.165) is 12.1 Å². The zero-order chi connectivity index (χ0) is 16.7. The molecule has 0 fully saturated rings. The molecule has 1 aromatic carbocycles. The summed E-state index contributed by atoms with van der Waals surface area (Å²) in [6.45, 7) is 2.56. The smallest absolute Gasteiger partial charge is 0.260 e. The summed E-state index contributed by atoms with van der Waals surface area (Å²) in [5.74, 6) is 0.0406. The Hall–Kier alpha value is -2.12. The highest BCUT2D eigenvalue weighted by Gasteiger charge is 2.28. The highest BCUT2D eigenvalue weighted by atomic mass is 32.2. The summed E-state index contributed by atoms with van der Waals surface area (Å²) in [4.78, 5) is 34.6. The zero-order valence-electron chi connectivity index (χ0n) is 13.0. The number of nitrogens with one attached hydrogen (secondary N) is 1. The maximum atomic E-state index is 12.8. The van der Waals surface area contributed by atoms with Gasteiger partial charge in [0.15, 0.2) is 5.16 Å². The molecule has 0 aliphatic carbocycles. The fraction of sp³-hybridized carbons (Fsp3) is 0.235. The number of aromatic nitrogens is 2. The van der Waals surface area contributed by atoms with E-state index in [4.69, 9.17) is 0 Å². The first-order chi connectivity index (χ1) is 11.6. The molecule has 122 valence electrons. The Morgan fingerprint density at radius 1 is 1.38 bits per heavy atom. The highest BCUT2D eigenvalue weighted by Crippen LogP contribution is 2.31. The van der Waals surface area contributed by atoms with Crippen molar-refractivity contribution in [3.63, 3.8) is 0 Å². The number of benzene rings is 1. The predicted octanol–water partition coefficient (Wildman–Crippen LogP) is 3.05. The Labute approximate surface area is 146 Å². The van der Waals surface area contributed by atoms with Gasteiger partial charge in [-0.3, -0.25) is 9.59 Å². The number of amides is 1. The number of para-hydroxylation sites is 1. The van der Waals surface area contributed by atoms with Gasteiger partial charge in [0.05, 0.1) is 10.6 Å². The molecule has 7 heteroatoms. The molecule has 24 heavy (non-hydrogen) atoms. The number of fused-ring (bicyclic) bond motifs is 2.